The van der Waals surface area contributed by atoms with Gasteiger partial charge < -0.3 is 9.64 Å². The van der Waals surface area contributed by atoms with E-state index in [2.05, 4.69) is 11.8 Å². The highest BCUT2D eigenvalue weighted by molar-refractivity contribution is 6.07. The molecule has 1 fully saturated rings. The molecule has 0 spiro atoms. The zero-order chi connectivity index (χ0) is 13.3. The predicted octanol–water partition coefficient (Wildman–Crippen LogP) is 1.20. The van der Waals surface area contributed by atoms with Gasteiger partial charge in [-0.25, -0.2) is 4.79 Å². The van der Waals surface area contributed by atoms with Crippen LogP contribution in [0.1, 0.15) is 34.1 Å². The van der Waals surface area contributed by atoms with Crippen molar-refractivity contribution in [1.29, 1.82) is 0 Å². The molecule has 0 aromatic carbocycles. The van der Waals surface area contributed by atoms with Gasteiger partial charge in [0, 0.05) is 20.0 Å². The summed E-state index contributed by atoms with van der Waals surface area (Å²) in [5, 5.41) is 0. The van der Waals surface area contributed by atoms with Crippen LogP contribution in [-0.4, -0.2) is 36.0 Å². The Labute approximate surface area is 102 Å². The third kappa shape index (κ3) is 2.60. The van der Waals surface area contributed by atoms with Crippen LogP contribution in [0, 0.1) is 17.3 Å². The van der Waals surface area contributed by atoms with Gasteiger partial charge in [-0.2, -0.15) is 0 Å². The van der Waals surface area contributed by atoms with Crippen LogP contribution in [-0.2, 0) is 14.3 Å². The molecule has 0 aromatic rings. The fraction of sp³-hybridized carbons (Fsp3) is 0.692. The van der Waals surface area contributed by atoms with Crippen LogP contribution in [0.5, 0.6) is 0 Å². The molecule has 1 saturated heterocycles. The van der Waals surface area contributed by atoms with Crippen LogP contribution in [0.4, 0.5) is 0 Å². The van der Waals surface area contributed by atoms with E-state index in [9.17, 15) is 9.59 Å². The Morgan fingerprint density at radius 1 is 1.47 bits per heavy atom. The molecule has 0 saturated carbocycles. The average molecular weight is 237 g/mol. The molecule has 0 aromatic heterocycles. The molecule has 4 heteroatoms. The molecule has 1 rings (SSSR count). The number of carbonyl (C=O) groups excluding carboxylic acids is 2. The monoisotopic (exact) mass is 237 g/mol. The zero-order valence-corrected chi connectivity index (χ0v) is 11.1. The maximum Gasteiger partial charge on any atom is 0.334 e. The van der Waals surface area contributed by atoms with Gasteiger partial charge in [-0.1, -0.05) is 5.92 Å². The smallest absolute Gasteiger partial charge is 0.334 e. The van der Waals surface area contributed by atoms with Gasteiger partial charge in [-0.05, 0) is 27.7 Å². The normalized spacial score (nSPS) is 24.3. The maximum atomic E-state index is 12.2. The fourth-order valence-electron chi connectivity index (χ4n) is 1.80. The van der Waals surface area contributed by atoms with Gasteiger partial charge in [-0.3, -0.25) is 4.79 Å². The van der Waals surface area contributed by atoms with E-state index in [4.69, 9.17) is 4.74 Å². The van der Waals surface area contributed by atoms with Gasteiger partial charge in [0.2, 0.25) is 5.41 Å². The Morgan fingerprint density at radius 2 is 2.06 bits per heavy atom. The minimum absolute atomic E-state index is 0.263. The number of ether oxygens (including phenoxy) is 1. The van der Waals surface area contributed by atoms with Crippen LogP contribution in [0.2, 0.25) is 0 Å². The van der Waals surface area contributed by atoms with Crippen molar-refractivity contribution in [2.24, 2.45) is 5.41 Å². The highest BCUT2D eigenvalue weighted by Crippen LogP contribution is 2.33. The molecular weight excluding hydrogens is 218 g/mol. The van der Waals surface area contributed by atoms with Gasteiger partial charge in [0.25, 0.3) is 5.91 Å². The Morgan fingerprint density at radius 3 is 2.41 bits per heavy atom. The minimum atomic E-state index is -1.29. The fourth-order valence-corrected chi connectivity index (χ4v) is 1.80. The van der Waals surface area contributed by atoms with E-state index in [1.54, 1.807) is 34.7 Å². The molecule has 1 amide bonds. The Bertz CT molecular complexity index is 397. The summed E-state index contributed by atoms with van der Waals surface area (Å²) < 4.78 is 5.31. The van der Waals surface area contributed by atoms with Gasteiger partial charge in [0.05, 0.1) is 0 Å². The second kappa shape index (κ2) is 4.40. The van der Waals surface area contributed by atoms with Crippen molar-refractivity contribution in [2.45, 2.75) is 39.7 Å². The topological polar surface area (TPSA) is 46.6 Å². The number of likely N-dealkylation sites (tertiary alicyclic amines) is 1. The number of nitrogens with zero attached hydrogens (tertiary/aromatic N) is 1. The molecule has 1 aliphatic rings. The van der Waals surface area contributed by atoms with E-state index >= 15 is 0 Å². The third-order valence-corrected chi connectivity index (χ3v) is 2.62. The maximum absolute atomic E-state index is 12.2. The Balaban J connectivity index is 3.05. The first-order valence-corrected chi connectivity index (χ1v) is 5.66. The Hall–Kier alpha value is -1.50. The summed E-state index contributed by atoms with van der Waals surface area (Å²) in [5.41, 5.74) is -1.91. The lowest BCUT2D eigenvalue weighted by atomic mass is 9.87. The number of hydrogen-bond acceptors (Lipinski definition) is 3. The third-order valence-electron chi connectivity index (χ3n) is 2.62. The van der Waals surface area contributed by atoms with Crippen molar-refractivity contribution in [3.8, 4) is 11.8 Å². The summed E-state index contributed by atoms with van der Waals surface area (Å²) in [6, 6.07) is 0. The lowest BCUT2D eigenvalue weighted by Crippen LogP contribution is -2.42. The molecule has 0 radical (unpaired) electrons. The molecule has 94 valence electrons. The standard InChI is InChI=1S/C13H19NO3/c1-6-7-13(8-9-14(5)10(13)15)11(16)17-12(2,3)4/h8-9H2,1-5H3. The van der Waals surface area contributed by atoms with Gasteiger partial charge >= 0.3 is 5.97 Å². The summed E-state index contributed by atoms with van der Waals surface area (Å²) >= 11 is 0. The van der Waals surface area contributed by atoms with Crippen molar-refractivity contribution in [3.05, 3.63) is 0 Å². The Kier molecular flexibility index (Phi) is 3.51. The van der Waals surface area contributed by atoms with Crippen molar-refractivity contribution >= 4 is 11.9 Å². The first-order valence-electron chi connectivity index (χ1n) is 5.66. The lowest BCUT2D eigenvalue weighted by molar-refractivity contribution is -0.166. The molecule has 0 aliphatic carbocycles. The second-order valence-corrected chi connectivity index (χ2v) is 5.26. The van der Waals surface area contributed by atoms with E-state index in [1.807, 2.05) is 0 Å². The SMILES string of the molecule is CC#CC1(C(=O)OC(C)(C)C)CCN(C)C1=O. The molecule has 0 N–H and O–H groups in total. The summed E-state index contributed by atoms with van der Waals surface area (Å²) in [6.07, 6.45) is 0.401. The molecule has 1 heterocycles. The van der Waals surface area contributed by atoms with Crippen molar-refractivity contribution in [1.82, 2.24) is 4.90 Å². The van der Waals surface area contributed by atoms with Crippen molar-refractivity contribution in [2.75, 3.05) is 13.6 Å². The number of amides is 1. The number of carbonyl (C=O) groups is 2. The largest absolute Gasteiger partial charge is 0.458 e. The van der Waals surface area contributed by atoms with E-state index < -0.39 is 17.0 Å². The van der Waals surface area contributed by atoms with Crippen LogP contribution in [0.15, 0.2) is 0 Å². The summed E-state index contributed by atoms with van der Waals surface area (Å²) in [5.74, 6) is 4.62. The van der Waals surface area contributed by atoms with Gasteiger partial charge in [-0.15, -0.1) is 5.92 Å². The average Bonchev–Trinajstić information content (AvgIpc) is 2.45. The summed E-state index contributed by atoms with van der Waals surface area (Å²) in [7, 11) is 1.67. The molecule has 17 heavy (non-hydrogen) atoms. The van der Waals surface area contributed by atoms with E-state index in [-0.39, 0.29) is 5.91 Å². The van der Waals surface area contributed by atoms with Crippen LogP contribution < -0.4 is 0 Å². The number of hydrogen-bond donors (Lipinski definition) is 0. The van der Waals surface area contributed by atoms with Gasteiger partial charge in [0.1, 0.15) is 5.60 Å². The molecular formula is C13H19NO3. The van der Waals surface area contributed by atoms with E-state index in [0.717, 1.165) is 0 Å². The molecule has 1 unspecified atom stereocenters. The lowest BCUT2D eigenvalue weighted by Gasteiger charge is -2.26. The van der Waals surface area contributed by atoms with Crippen LogP contribution in [0.25, 0.3) is 0 Å². The molecule has 4 nitrogen and oxygen atoms in total. The van der Waals surface area contributed by atoms with Gasteiger partial charge in [0.15, 0.2) is 0 Å². The molecule has 1 aliphatic heterocycles. The van der Waals surface area contributed by atoms with Crippen molar-refractivity contribution < 1.29 is 14.3 Å². The number of rotatable bonds is 1. The van der Waals surface area contributed by atoms with E-state index in [0.29, 0.717) is 13.0 Å². The van der Waals surface area contributed by atoms with Crippen LogP contribution >= 0.6 is 0 Å². The highest BCUT2D eigenvalue weighted by Gasteiger charge is 2.52. The minimum Gasteiger partial charge on any atom is -0.458 e. The molecule has 1 atom stereocenters. The highest BCUT2D eigenvalue weighted by atomic mass is 16.6. The number of esters is 1. The first kappa shape index (κ1) is 13.6. The quantitative estimate of drug-likeness (QED) is 0.391. The predicted molar refractivity (Wildman–Crippen MR) is 64.0 cm³/mol. The second-order valence-electron chi connectivity index (χ2n) is 5.26. The summed E-state index contributed by atoms with van der Waals surface area (Å²) in [4.78, 5) is 25.7. The molecule has 0 bridgehead atoms. The van der Waals surface area contributed by atoms with Crippen molar-refractivity contribution in [3.63, 3.8) is 0 Å². The summed E-state index contributed by atoms with van der Waals surface area (Å²) in [6.45, 7) is 7.49. The first-order chi connectivity index (χ1) is 7.73. The van der Waals surface area contributed by atoms with Crippen LogP contribution in [0.3, 0.4) is 0 Å². The zero-order valence-electron chi connectivity index (χ0n) is 11.1. The van der Waals surface area contributed by atoms with E-state index in [1.165, 1.54) is 4.90 Å².